The van der Waals surface area contributed by atoms with Crippen molar-refractivity contribution >= 4 is 31.9 Å². The molecule has 0 aromatic carbocycles. The molecule has 0 aromatic rings. The highest BCUT2D eigenvalue weighted by atomic mass is 79.9. The Morgan fingerprint density at radius 2 is 1.24 bits per heavy atom. The second kappa shape index (κ2) is 5.48. The summed E-state index contributed by atoms with van der Waals surface area (Å²) in [6.07, 6.45) is 10.9. The van der Waals surface area contributed by atoms with Gasteiger partial charge in [-0.15, -0.1) is 0 Å². The molecule has 0 spiro atoms. The van der Waals surface area contributed by atoms with Crippen LogP contribution in [-0.4, -0.2) is 20.7 Å². The second-order valence-electron chi connectivity index (χ2n) is 5.95. The molecule has 4 N–H and O–H groups in total. The zero-order valence-electron chi connectivity index (χ0n) is 10.4. The van der Waals surface area contributed by atoms with Gasteiger partial charge >= 0.3 is 0 Å². The fourth-order valence-electron chi connectivity index (χ4n) is 3.38. The van der Waals surface area contributed by atoms with Crippen molar-refractivity contribution in [3.05, 3.63) is 0 Å². The average molecular weight is 368 g/mol. The van der Waals surface area contributed by atoms with Crippen molar-refractivity contribution in [3.8, 4) is 0 Å². The Kier molecular flexibility index (Phi) is 4.60. The van der Waals surface area contributed by atoms with E-state index in [1.165, 1.54) is 38.5 Å². The van der Waals surface area contributed by atoms with E-state index in [1.807, 2.05) is 0 Å². The minimum atomic E-state index is 0.101. The Hall–Kier alpha value is 0.880. The Labute approximate surface area is 122 Å². The van der Waals surface area contributed by atoms with Gasteiger partial charge in [-0.05, 0) is 32.1 Å². The first-order chi connectivity index (χ1) is 7.96. The molecule has 2 rings (SSSR count). The van der Waals surface area contributed by atoms with Crippen molar-refractivity contribution in [1.82, 2.24) is 0 Å². The molecule has 17 heavy (non-hydrogen) atoms. The van der Waals surface area contributed by atoms with E-state index in [0.29, 0.717) is 0 Å². The Morgan fingerprint density at radius 1 is 0.824 bits per heavy atom. The lowest BCUT2D eigenvalue weighted by Crippen LogP contribution is -2.54. The van der Waals surface area contributed by atoms with Crippen LogP contribution in [-0.2, 0) is 0 Å². The first-order valence-electron chi connectivity index (χ1n) is 6.85. The van der Waals surface area contributed by atoms with E-state index in [4.69, 9.17) is 11.5 Å². The number of hydrogen-bond acceptors (Lipinski definition) is 2. The molecule has 4 heteroatoms. The van der Waals surface area contributed by atoms with Gasteiger partial charge in [-0.25, -0.2) is 0 Å². The van der Waals surface area contributed by atoms with Crippen molar-refractivity contribution in [1.29, 1.82) is 0 Å². The van der Waals surface area contributed by atoms with Gasteiger partial charge in [0.1, 0.15) is 0 Å². The molecule has 0 saturated heterocycles. The maximum Gasteiger partial charge on any atom is 0.0422 e. The zero-order valence-corrected chi connectivity index (χ0v) is 13.6. The first kappa shape index (κ1) is 14.3. The summed E-state index contributed by atoms with van der Waals surface area (Å²) >= 11 is 7.90. The lowest BCUT2D eigenvalue weighted by molar-refractivity contribution is 0.258. The second-order valence-corrected chi connectivity index (χ2v) is 9.11. The number of alkyl halides is 2. The third kappa shape index (κ3) is 3.07. The quantitative estimate of drug-likeness (QED) is 0.734. The van der Waals surface area contributed by atoms with Crippen LogP contribution in [0.15, 0.2) is 0 Å². The minimum absolute atomic E-state index is 0.101. The molecule has 0 radical (unpaired) electrons. The van der Waals surface area contributed by atoms with Crippen LogP contribution in [0.1, 0.15) is 57.8 Å². The molecule has 2 nitrogen and oxygen atoms in total. The van der Waals surface area contributed by atoms with Crippen LogP contribution in [0.2, 0.25) is 0 Å². The molecule has 0 amide bonds. The van der Waals surface area contributed by atoms with E-state index in [0.717, 1.165) is 19.3 Å². The van der Waals surface area contributed by atoms with Crippen molar-refractivity contribution in [2.24, 2.45) is 11.5 Å². The topological polar surface area (TPSA) is 52.0 Å². The van der Waals surface area contributed by atoms with Gasteiger partial charge in [0.15, 0.2) is 0 Å². The SMILES string of the molecule is NC1CCCCC1(Br)CC1(Br)CCCCC1N. The summed E-state index contributed by atoms with van der Waals surface area (Å²) in [5.74, 6) is 0. The minimum Gasteiger partial charge on any atom is -0.326 e. The van der Waals surface area contributed by atoms with Gasteiger partial charge < -0.3 is 11.5 Å². The lowest BCUT2D eigenvalue weighted by atomic mass is 9.73. The van der Waals surface area contributed by atoms with E-state index in [-0.39, 0.29) is 20.7 Å². The maximum atomic E-state index is 6.33. The summed E-state index contributed by atoms with van der Waals surface area (Å²) in [5, 5.41) is 0. The van der Waals surface area contributed by atoms with E-state index < -0.39 is 0 Å². The van der Waals surface area contributed by atoms with Gasteiger partial charge in [-0.3, -0.25) is 0 Å². The van der Waals surface area contributed by atoms with Crippen LogP contribution in [0, 0.1) is 0 Å². The van der Waals surface area contributed by atoms with E-state index >= 15 is 0 Å². The number of nitrogens with two attached hydrogens (primary N) is 2. The monoisotopic (exact) mass is 366 g/mol. The highest BCUT2D eigenvalue weighted by Crippen LogP contribution is 2.48. The van der Waals surface area contributed by atoms with Crippen molar-refractivity contribution in [2.45, 2.75) is 78.5 Å². The molecule has 4 unspecified atom stereocenters. The molecule has 4 atom stereocenters. The molecule has 2 aliphatic carbocycles. The highest BCUT2D eigenvalue weighted by Gasteiger charge is 2.46. The fraction of sp³-hybridized carbons (Fsp3) is 1.00. The molecule has 0 heterocycles. The molecule has 2 fully saturated rings. The molecule has 0 aromatic heterocycles. The van der Waals surface area contributed by atoms with E-state index in [1.54, 1.807) is 0 Å². The maximum absolute atomic E-state index is 6.33. The Balaban J connectivity index is 2.07. The van der Waals surface area contributed by atoms with Crippen LogP contribution in [0.4, 0.5) is 0 Å². The van der Waals surface area contributed by atoms with Gasteiger partial charge in [0.2, 0.25) is 0 Å². The van der Waals surface area contributed by atoms with Gasteiger partial charge in [-0.2, -0.15) is 0 Å². The lowest BCUT2D eigenvalue weighted by Gasteiger charge is -2.46. The molecule has 100 valence electrons. The van der Waals surface area contributed by atoms with E-state index in [2.05, 4.69) is 31.9 Å². The first-order valence-corrected chi connectivity index (χ1v) is 8.44. The van der Waals surface area contributed by atoms with Gasteiger partial charge in [0.25, 0.3) is 0 Å². The Bertz CT molecular complexity index is 248. The van der Waals surface area contributed by atoms with Gasteiger partial charge in [0, 0.05) is 20.7 Å². The Morgan fingerprint density at radius 3 is 1.59 bits per heavy atom. The van der Waals surface area contributed by atoms with Gasteiger partial charge in [0.05, 0.1) is 0 Å². The summed E-state index contributed by atoms with van der Waals surface area (Å²) < 4.78 is 0.202. The fourth-order valence-corrected chi connectivity index (χ4v) is 5.78. The predicted molar refractivity (Wildman–Crippen MR) is 80.8 cm³/mol. The average Bonchev–Trinajstić information content (AvgIpc) is 2.27. The van der Waals surface area contributed by atoms with Crippen LogP contribution in [0.5, 0.6) is 0 Å². The summed E-state index contributed by atoms with van der Waals surface area (Å²) in [6, 6.07) is 0.555. The van der Waals surface area contributed by atoms with Crippen LogP contribution in [0.25, 0.3) is 0 Å². The van der Waals surface area contributed by atoms with Gasteiger partial charge in [-0.1, -0.05) is 57.5 Å². The smallest absolute Gasteiger partial charge is 0.0422 e. The normalized spacial score (nSPS) is 48.0. The highest BCUT2D eigenvalue weighted by molar-refractivity contribution is 9.10. The third-order valence-electron chi connectivity index (χ3n) is 4.63. The zero-order chi connectivity index (χ0) is 12.5. The van der Waals surface area contributed by atoms with Crippen LogP contribution >= 0.6 is 31.9 Å². The summed E-state index contributed by atoms with van der Waals surface area (Å²) in [6.45, 7) is 0. The van der Waals surface area contributed by atoms with Crippen molar-refractivity contribution in [2.75, 3.05) is 0 Å². The number of halogens is 2. The standard InChI is InChI=1S/C13H24Br2N2/c14-12(7-3-1-5-10(12)16)9-13(15)8-4-2-6-11(13)17/h10-11H,1-9,16-17H2. The van der Waals surface area contributed by atoms with Crippen molar-refractivity contribution in [3.63, 3.8) is 0 Å². The summed E-state index contributed by atoms with van der Waals surface area (Å²) in [7, 11) is 0. The largest absolute Gasteiger partial charge is 0.326 e. The van der Waals surface area contributed by atoms with Crippen molar-refractivity contribution < 1.29 is 0 Å². The molecule has 0 aliphatic heterocycles. The summed E-state index contributed by atoms with van der Waals surface area (Å²) in [5.41, 5.74) is 12.7. The molecular weight excluding hydrogens is 344 g/mol. The molecule has 2 saturated carbocycles. The molecular formula is C13H24Br2N2. The van der Waals surface area contributed by atoms with Crippen LogP contribution < -0.4 is 11.5 Å². The predicted octanol–water partition coefficient (Wildman–Crippen LogP) is 3.45. The third-order valence-corrected chi connectivity index (χ3v) is 7.16. The number of rotatable bonds is 2. The molecule has 0 bridgehead atoms. The van der Waals surface area contributed by atoms with E-state index in [9.17, 15) is 0 Å². The number of hydrogen-bond donors (Lipinski definition) is 2. The molecule has 2 aliphatic rings. The van der Waals surface area contributed by atoms with Crippen LogP contribution in [0.3, 0.4) is 0 Å². The summed E-state index contributed by atoms with van der Waals surface area (Å²) in [4.78, 5) is 0.